The largest absolute Gasteiger partial charge is 0.508 e. The molecule has 0 bridgehead atoms. The minimum absolute atomic E-state index is 0.148. The minimum Gasteiger partial charge on any atom is -0.508 e. The van der Waals surface area contributed by atoms with Crippen molar-refractivity contribution in [1.82, 2.24) is 0 Å². The molecule has 0 spiro atoms. The Kier molecular flexibility index (Phi) is 24.5. The second-order valence-corrected chi connectivity index (χ2v) is 25.2. The van der Waals surface area contributed by atoms with E-state index >= 15 is 0 Å². The Balaban J connectivity index is 0.000000432. The summed E-state index contributed by atoms with van der Waals surface area (Å²) in [7, 11) is 1.69. The highest BCUT2D eigenvalue weighted by atomic mass is 35.5. The first-order chi connectivity index (χ1) is 32.8. The summed E-state index contributed by atoms with van der Waals surface area (Å²) in [6, 6.07) is 42.5. The van der Waals surface area contributed by atoms with Gasteiger partial charge in [0.15, 0.2) is 0 Å². The van der Waals surface area contributed by atoms with Crippen LogP contribution in [0.5, 0.6) is 17.2 Å². The third kappa shape index (κ3) is 23.7. The molecular weight excluding hydrogens is 906 g/mol. The molecule has 0 saturated heterocycles. The van der Waals surface area contributed by atoms with Crippen molar-refractivity contribution >= 4 is 17.3 Å². The van der Waals surface area contributed by atoms with Crippen LogP contribution in [0.2, 0.25) is 5.02 Å². The monoisotopic (exact) mass is 998 g/mol. The molecule has 0 radical (unpaired) electrons. The number of aromatic hydroxyl groups is 2. The van der Waals surface area contributed by atoms with Gasteiger partial charge in [0.1, 0.15) is 17.2 Å². The van der Waals surface area contributed by atoms with E-state index in [1.54, 1.807) is 13.2 Å². The summed E-state index contributed by atoms with van der Waals surface area (Å²) in [5, 5.41) is 23.2. The van der Waals surface area contributed by atoms with E-state index in [1.807, 2.05) is 81.4 Å². The lowest BCUT2D eigenvalue weighted by molar-refractivity contribution is 0.414. The highest BCUT2D eigenvalue weighted by molar-refractivity contribution is 6.30. The molecule has 0 amide bonds. The van der Waals surface area contributed by atoms with Crippen molar-refractivity contribution in [3.05, 3.63) is 198 Å². The predicted molar refractivity (Wildman–Crippen MR) is 313 cm³/mol. The Bertz CT molecular complexity index is 2580. The number of ether oxygens (including phenoxy) is 1. The van der Waals surface area contributed by atoms with Gasteiger partial charge in [-0.3, -0.25) is 0 Å². The number of methoxy groups -OCH3 is 1. The van der Waals surface area contributed by atoms with Crippen molar-refractivity contribution in [3.8, 4) is 17.2 Å². The molecule has 0 heterocycles. The quantitative estimate of drug-likeness (QED) is 0.103. The highest BCUT2D eigenvalue weighted by Gasteiger charge is 2.18. The number of rotatable bonds is 2. The molecule has 72 heavy (non-hydrogen) atoms. The number of benzene rings is 6. The van der Waals surface area contributed by atoms with Crippen LogP contribution in [-0.2, 0) is 32.5 Å². The van der Waals surface area contributed by atoms with Crippen molar-refractivity contribution in [2.24, 2.45) is 5.11 Å². The number of nitrogens with zero attached hydrogens (tertiary/aromatic N) is 3. The van der Waals surface area contributed by atoms with Gasteiger partial charge in [0.25, 0.3) is 0 Å². The summed E-state index contributed by atoms with van der Waals surface area (Å²) in [5.41, 5.74) is 22.1. The maximum Gasteiger partial charge on any atom is 0.121 e. The first-order valence-electron chi connectivity index (χ1n) is 25.1. The van der Waals surface area contributed by atoms with E-state index in [0.29, 0.717) is 17.2 Å². The molecule has 0 fully saturated rings. The van der Waals surface area contributed by atoms with Crippen molar-refractivity contribution < 1.29 is 14.9 Å². The molecule has 0 saturated carbocycles. The SMILES string of the molecule is CC(C)(C)c1ccc(Cl)cc1.CC(C)(C)c1ccc(N=[N+]=[N-])cc1.COc1ccc(C(C)(C)C)cc1.Cc1cc(C(C)(C)C)cc(C)c1O.Cc1cc(C(C)(C)C)ccc1O.Cc1cccc(C(C)(C)C)c1. The van der Waals surface area contributed by atoms with E-state index in [9.17, 15) is 10.2 Å². The van der Waals surface area contributed by atoms with E-state index in [0.717, 1.165) is 27.5 Å². The lowest BCUT2D eigenvalue weighted by Crippen LogP contribution is -2.11. The van der Waals surface area contributed by atoms with E-state index in [4.69, 9.17) is 21.9 Å². The van der Waals surface area contributed by atoms with E-state index < -0.39 is 0 Å². The molecule has 0 aliphatic carbocycles. The molecular formula is C65H92ClN3O3. The summed E-state index contributed by atoms with van der Waals surface area (Å²) in [6.45, 7) is 47.3. The summed E-state index contributed by atoms with van der Waals surface area (Å²) in [6.07, 6.45) is 0. The highest BCUT2D eigenvalue weighted by Crippen LogP contribution is 2.31. The molecule has 6 aromatic carbocycles. The third-order valence-corrected chi connectivity index (χ3v) is 12.1. The fraction of sp³-hybridized carbons (Fsp3) is 0.446. The van der Waals surface area contributed by atoms with Crippen LogP contribution in [0.4, 0.5) is 5.69 Å². The smallest absolute Gasteiger partial charge is 0.121 e. The molecule has 6 rings (SSSR count). The zero-order valence-corrected chi connectivity index (χ0v) is 49.4. The van der Waals surface area contributed by atoms with Crippen LogP contribution >= 0.6 is 11.6 Å². The normalized spacial score (nSPS) is 11.4. The van der Waals surface area contributed by atoms with Crippen LogP contribution < -0.4 is 4.74 Å². The van der Waals surface area contributed by atoms with Crippen molar-refractivity contribution in [2.75, 3.05) is 7.11 Å². The van der Waals surface area contributed by atoms with E-state index in [1.165, 1.54) is 38.9 Å². The number of hydrogen-bond donors (Lipinski definition) is 2. The number of phenolic OH excluding ortho intramolecular Hbond substituents is 2. The van der Waals surface area contributed by atoms with Crippen molar-refractivity contribution in [3.63, 3.8) is 0 Å². The molecule has 0 aromatic heterocycles. The van der Waals surface area contributed by atoms with Gasteiger partial charge in [0, 0.05) is 15.6 Å². The summed E-state index contributed by atoms with van der Waals surface area (Å²) < 4.78 is 5.08. The Morgan fingerprint density at radius 3 is 1.11 bits per heavy atom. The van der Waals surface area contributed by atoms with Crippen LogP contribution in [0.3, 0.4) is 0 Å². The number of aryl methyl sites for hydroxylation is 4. The average molecular weight is 999 g/mol. The van der Waals surface area contributed by atoms with Crippen LogP contribution in [0, 0.1) is 27.7 Å². The molecule has 6 aromatic rings. The Hall–Kier alpha value is -5.68. The second kappa shape index (κ2) is 27.4. The fourth-order valence-corrected chi connectivity index (χ4v) is 6.87. The lowest BCUT2D eigenvalue weighted by atomic mass is 9.85. The van der Waals surface area contributed by atoms with Crippen LogP contribution in [0.15, 0.2) is 133 Å². The lowest BCUT2D eigenvalue weighted by Gasteiger charge is -2.20. The van der Waals surface area contributed by atoms with Crippen molar-refractivity contribution in [1.29, 1.82) is 0 Å². The van der Waals surface area contributed by atoms with Gasteiger partial charge in [-0.1, -0.05) is 244 Å². The first kappa shape index (κ1) is 64.3. The summed E-state index contributed by atoms with van der Waals surface area (Å²) in [4.78, 5) is 2.72. The molecule has 2 N–H and O–H groups in total. The predicted octanol–water partition coefficient (Wildman–Crippen LogP) is 20.2. The average Bonchev–Trinajstić information content (AvgIpc) is 3.26. The van der Waals surface area contributed by atoms with Crippen molar-refractivity contribution in [2.45, 2.75) is 185 Å². The van der Waals surface area contributed by atoms with Gasteiger partial charge in [-0.15, -0.1) is 0 Å². The number of azide groups is 1. The van der Waals surface area contributed by atoms with Gasteiger partial charge in [-0.25, -0.2) is 0 Å². The van der Waals surface area contributed by atoms with Gasteiger partial charge in [-0.05, 0) is 146 Å². The van der Waals surface area contributed by atoms with Gasteiger partial charge in [0.2, 0.25) is 0 Å². The first-order valence-corrected chi connectivity index (χ1v) is 25.4. The number of hydrogen-bond acceptors (Lipinski definition) is 4. The Morgan fingerprint density at radius 2 is 0.778 bits per heavy atom. The van der Waals surface area contributed by atoms with Crippen LogP contribution in [0.1, 0.15) is 180 Å². The molecule has 0 atom stereocenters. The van der Waals surface area contributed by atoms with Gasteiger partial charge in [0.05, 0.1) is 7.11 Å². The Labute approximate surface area is 442 Å². The minimum atomic E-state index is 0.148. The van der Waals surface area contributed by atoms with Gasteiger partial charge >= 0.3 is 0 Å². The fourth-order valence-electron chi connectivity index (χ4n) is 6.74. The maximum absolute atomic E-state index is 9.60. The molecule has 392 valence electrons. The maximum atomic E-state index is 9.60. The number of halogens is 1. The third-order valence-electron chi connectivity index (χ3n) is 11.9. The van der Waals surface area contributed by atoms with Gasteiger partial charge < -0.3 is 14.9 Å². The molecule has 0 unspecified atom stereocenters. The van der Waals surface area contributed by atoms with E-state index in [2.05, 4.69) is 202 Å². The summed E-state index contributed by atoms with van der Waals surface area (Å²) >= 11 is 5.76. The molecule has 7 heteroatoms. The Morgan fingerprint density at radius 1 is 0.431 bits per heavy atom. The van der Waals surface area contributed by atoms with Gasteiger partial charge in [-0.2, -0.15) is 0 Å². The van der Waals surface area contributed by atoms with Crippen LogP contribution in [-0.4, -0.2) is 17.3 Å². The topological polar surface area (TPSA) is 98.5 Å². The zero-order chi connectivity index (χ0) is 55.6. The second-order valence-electron chi connectivity index (χ2n) is 24.8. The van der Waals surface area contributed by atoms with Crippen LogP contribution in [0.25, 0.3) is 10.4 Å². The number of phenols is 2. The van der Waals surface area contributed by atoms with E-state index in [-0.39, 0.29) is 32.5 Å². The summed E-state index contributed by atoms with van der Waals surface area (Å²) in [5.74, 6) is 1.72. The molecule has 6 nitrogen and oxygen atoms in total. The zero-order valence-electron chi connectivity index (χ0n) is 48.6. The molecule has 0 aliphatic heterocycles. The molecule has 0 aliphatic rings. The standard InChI is InChI=1S/C12H18O.2C11H16O.C11H16.C10H13Cl.C10H13N3/c1-8-6-10(12(3,4)5)7-9(2)11(8)13;1-11(2,3)9-5-7-10(12-4)8-6-9;1-8-7-9(11(2,3)4)5-6-10(8)12;1-9-6-5-7-10(8-9)11(2,3)4;1-10(2,3)8-4-6-9(11)7-5-8;1-10(2,3)8-4-6-9(7-5-8)12-13-11/h6-7,13H,1-5H3;5-8H,1-4H3;5-7,12H,1-4H3;5-8H,1-4H3;4-7H,1-3H3;4-7H,1-3H3.